The maximum absolute atomic E-state index is 13.3. The SMILES string of the molecule is O=C(Nc1ccc(S(=O)(=O)Nc2nccs2)cc1)c1cc(-c2cccc(Br)c2)nc2ccccc12. The van der Waals surface area contributed by atoms with Crippen LogP contribution in [0.4, 0.5) is 10.8 Å². The van der Waals surface area contributed by atoms with Gasteiger partial charge in [0.15, 0.2) is 5.13 Å². The van der Waals surface area contributed by atoms with E-state index in [-0.39, 0.29) is 15.9 Å². The number of hydrogen-bond acceptors (Lipinski definition) is 6. The number of rotatable bonds is 6. The molecule has 10 heteroatoms. The lowest BCUT2D eigenvalue weighted by Gasteiger charge is -2.11. The van der Waals surface area contributed by atoms with E-state index in [4.69, 9.17) is 4.98 Å². The number of carbonyl (C=O) groups is 1. The molecule has 2 N–H and O–H groups in total. The van der Waals surface area contributed by atoms with E-state index in [1.165, 1.54) is 29.7 Å². The first-order valence-electron chi connectivity index (χ1n) is 10.4. The highest BCUT2D eigenvalue weighted by molar-refractivity contribution is 9.10. The zero-order valence-electron chi connectivity index (χ0n) is 18.0. The molecule has 2 aromatic heterocycles. The van der Waals surface area contributed by atoms with E-state index in [1.54, 1.807) is 23.6 Å². The Bertz CT molecular complexity index is 1640. The van der Waals surface area contributed by atoms with Crippen molar-refractivity contribution < 1.29 is 13.2 Å². The molecular weight excluding hydrogens is 548 g/mol. The van der Waals surface area contributed by atoms with Crippen LogP contribution in [-0.2, 0) is 10.0 Å². The van der Waals surface area contributed by atoms with Crippen molar-refractivity contribution in [1.82, 2.24) is 9.97 Å². The molecule has 174 valence electrons. The molecule has 0 aliphatic heterocycles. The van der Waals surface area contributed by atoms with Crippen LogP contribution in [0, 0.1) is 0 Å². The number of aromatic nitrogens is 2. The standard InChI is InChI=1S/C25H17BrN4O3S2/c26-17-5-3-4-16(14-17)23-15-21(20-6-1-2-7-22(20)29-23)24(31)28-18-8-10-19(11-9-18)35(32,33)30-25-27-12-13-34-25/h1-15H,(H,27,30)(H,28,31). The Kier molecular flexibility index (Phi) is 6.33. The molecule has 35 heavy (non-hydrogen) atoms. The Hall–Kier alpha value is -3.60. The molecule has 5 rings (SSSR count). The second kappa shape index (κ2) is 9.57. The fourth-order valence-corrected chi connectivity index (χ4v) is 5.71. The van der Waals surface area contributed by atoms with Crippen molar-refractivity contribution in [2.24, 2.45) is 0 Å². The van der Waals surface area contributed by atoms with E-state index >= 15 is 0 Å². The van der Waals surface area contributed by atoms with Crippen LogP contribution >= 0.6 is 27.3 Å². The number of pyridine rings is 1. The minimum Gasteiger partial charge on any atom is -0.322 e. The number of sulfonamides is 1. The zero-order valence-corrected chi connectivity index (χ0v) is 21.2. The first-order chi connectivity index (χ1) is 16.9. The van der Waals surface area contributed by atoms with Crippen molar-refractivity contribution in [1.29, 1.82) is 0 Å². The topological polar surface area (TPSA) is 101 Å². The van der Waals surface area contributed by atoms with Gasteiger partial charge in [-0.25, -0.2) is 18.4 Å². The average Bonchev–Trinajstić information content (AvgIpc) is 3.36. The highest BCUT2D eigenvalue weighted by atomic mass is 79.9. The second-order valence-corrected chi connectivity index (χ2v) is 11.0. The van der Waals surface area contributed by atoms with Gasteiger partial charge in [0.2, 0.25) is 0 Å². The summed E-state index contributed by atoms with van der Waals surface area (Å²) in [5.74, 6) is -0.323. The lowest BCUT2D eigenvalue weighted by atomic mass is 10.0. The molecule has 0 bridgehead atoms. The molecule has 3 aromatic carbocycles. The molecule has 0 atom stereocenters. The number of anilines is 2. The van der Waals surface area contributed by atoms with Gasteiger partial charge in [0.25, 0.3) is 15.9 Å². The summed E-state index contributed by atoms with van der Waals surface area (Å²) in [6, 6.07) is 22.9. The molecule has 2 heterocycles. The molecule has 1 amide bonds. The highest BCUT2D eigenvalue weighted by Gasteiger charge is 2.17. The summed E-state index contributed by atoms with van der Waals surface area (Å²) in [5, 5.41) is 5.55. The van der Waals surface area contributed by atoms with Gasteiger partial charge in [0.1, 0.15) is 0 Å². The van der Waals surface area contributed by atoms with Crippen molar-refractivity contribution in [3.8, 4) is 11.3 Å². The van der Waals surface area contributed by atoms with Gasteiger partial charge in [0, 0.05) is 32.7 Å². The molecule has 5 aromatic rings. The van der Waals surface area contributed by atoms with Gasteiger partial charge in [-0.2, -0.15) is 0 Å². The van der Waals surface area contributed by atoms with Gasteiger partial charge in [-0.1, -0.05) is 46.3 Å². The van der Waals surface area contributed by atoms with E-state index in [2.05, 4.69) is 31.0 Å². The average molecular weight is 565 g/mol. The molecule has 0 saturated heterocycles. The van der Waals surface area contributed by atoms with Gasteiger partial charge < -0.3 is 5.32 Å². The van der Waals surface area contributed by atoms with Gasteiger partial charge in [0.05, 0.1) is 21.7 Å². The zero-order chi connectivity index (χ0) is 24.4. The Balaban J connectivity index is 1.43. The lowest BCUT2D eigenvalue weighted by molar-refractivity contribution is 0.102. The van der Waals surface area contributed by atoms with Gasteiger partial charge in [-0.05, 0) is 48.5 Å². The molecule has 0 aliphatic carbocycles. The number of benzene rings is 3. The summed E-state index contributed by atoms with van der Waals surface area (Å²) < 4.78 is 28.5. The summed E-state index contributed by atoms with van der Waals surface area (Å²) in [6.45, 7) is 0. The number of nitrogens with zero attached hydrogens (tertiary/aromatic N) is 2. The number of halogens is 1. The predicted octanol–water partition coefficient (Wildman–Crippen LogP) is 6.17. The second-order valence-electron chi connectivity index (χ2n) is 7.50. The highest BCUT2D eigenvalue weighted by Crippen LogP contribution is 2.27. The normalized spacial score (nSPS) is 11.3. The van der Waals surface area contributed by atoms with Crippen LogP contribution in [0.25, 0.3) is 22.2 Å². The van der Waals surface area contributed by atoms with Crippen molar-refractivity contribution in [3.63, 3.8) is 0 Å². The Morgan fingerprint density at radius 2 is 1.74 bits per heavy atom. The Labute approximate surface area is 214 Å². The maximum Gasteiger partial charge on any atom is 0.263 e. The molecule has 0 aliphatic rings. The first-order valence-corrected chi connectivity index (χ1v) is 13.5. The number of thiazole rings is 1. The summed E-state index contributed by atoms with van der Waals surface area (Å²) in [4.78, 5) is 22.0. The van der Waals surface area contributed by atoms with Gasteiger partial charge >= 0.3 is 0 Å². The number of hydrogen-bond donors (Lipinski definition) is 2. The molecular formula is C25H17BrN4O3S2. The smallest absolute Gasteiger partial charge is 0.263 e. The van der Waals surface area contributed by atoms with E-state index in [0.29, 0.717) is 22.5 Å². The number of fused-ring (bicyclic) bond motifs is 1. The first kappa shape index (κ1) is 23.2. The summed E-state index contributed by atoms with van der Waals surface area (Å²) >= 11 is 4.67. The number of para-hydroxylation sites is 1. The van der Waals surface area contributed by atoms with E-state index in [1.807, 2.05) is 48.5 Å². The predicted molar refractivity (Wildman–Crippen MR) is 142 cm³/mol. The molecule has 0 unspecified atom stereocenters. The molecule has 7 nitrogen and oxygen atoms in total. The Morgan fingerprint density at radius 3 is 2.49 bits per heavy atom. The van der Waals surface area contributed by atoms with Crippen LogP contribution in [-0.4, -0.2) is 24.3 Å². The van der Waals surface area contributed by atoms with Crippen LogP contribution in [0.3, 0.4) is 0 Å². The third-order valence-corrected chi connectivity index (χ3v) is 7.82. The van der Waals surface area contributed by atoms with Crippen LogP contribution < -0.4 is 10.0 Å². The largest absolute Gasteiger partial charge is 0.322 e. The number of carbonyl (C=O) groups excluding carboxylic acids is 1. The number of amides is 1. The third-order valence-electron chi connectivity index (χ3n) is 5.16. The fraction of sp³-hybridized carbons (Fsp3) is 0. The van der Waals surface area contributed by atoms with E-state index in [9.17, 15) is 13.2 Å². The van der Waals surface area contributed by atoms with Crippen molar-refractivity contribution in [3.05, 3.63) is 100 Å². The van der Waals surface area contributed by atoms with E-state index in [0.717, 1.165) is 15.4 Å². The molecule has 0 saturated carbocycles. The minimum atomic E-state index is -3.78. The minimum absolute atomic E-state index is 0.0667. The van der Waals surface area contributed by atoms with Crippen LogP contribution in [0.15, 0.2) is 99.8 Å². The summed E-state index contributed by atoms with van der Waals surface area (Å²) in [5.41, 5.74) is 3.18. The van der Waals surface area contributed by atoms with Crippen LogP contribution in [0.5, 0.6) is 0 Å². The van der Waals surface area contributed by atoms with Crippen molar-refractivity contribution in [2.75, 3.05) is 10.0 Å². The quantitative estimate of drug-likeness (QED) is 0.256. The number of nitrogens with one attached hydrogen (secondary N) is 2. The molecule has 0 radical (unpaired) electrons. The van der Waals surface area contributed by atoms with Crippen molar-refractivity contribution in [2.45, 2.75) is 4.90 Å². The monoisotopic (exact) mass is 564 g/mol. The molecule has 0 spiro atoms. The summed E-state index contributed by atoms with van der Waals surface area (Å²) in [6.07, 6.45) is 1.52. The Morgan fingerprint density at radius 1 is 0.943 bits per heavy atom. The summed E-state index contributed by atoms with van der Waals surface area (Å²) in [7, 11) is -3.78. The third kappa shape index (κ3) is 5.09. The van der Waals surface area contributed by atoms with Crippen LogP contribution in [0.2, 0.25) is 0 Å². The van der Waals surface area contributed by atoms with Gasteiger partial charge in [-0.15, -0.1) is 11.3 Å². The van der Waals surface area contributed by atoms with Crippen molar-refractivity contribution >= 4 is 64.9 Å². The fourth-order valence-electron chi connectivity index (χ4n) is 3.52. The van der Waals surface area contributed by atoms with Gasteiger partial charge in [-0.3, -0.25) is 9.52 Å². The van der Waals surface area contributed by atoms with E-state index < -0.39 is 10.0 Å². The lowest BCUT2D eigenvalue weighted by Crippen LogP contribution is -2.14. The molecule has 0 fully saturated rings. The maximum atomic E-state index is 13.3. The van der Waals surface area contributed by atoms with Crippen LogP contribution in [0.1, 0.15) is 10.4 Å².